The van der Waals surface area contributed by atoms with Gasteiger partial charge in [0.15, 0.2) is 0 Å². The number of benzene rings is 1. The third kappa shape index (κ3) is 2.47. The van der Waals surface area contributed by atoms with Crippen molar-refractivity contribution in [3.63, 3.8) is 0 Å². The van der Waals surface area contributed by atoms with E-state index >= 15 is 0 Å². The molecule has 88 valence electrons. The van der Waals surface area contributed by atoms with Gasteiger partial charge < -0.3 is 14.8 Å². The molecule has 0 unspecified atom stereocenters. The number of hydrogen-bond donors (Lipinski definition) is 1. The fourth-order valence-electron chi connectivity index (χ4n) is 2.22. The lowest BCUT2D eigenvalue weighted by atomic mass is 9.90. The highest BCUT2D eigenvalue weighted by Gasteiger charge is 2.16. The Morgan fingerprint density at radius 2 is 1.56 bits per heavy atom. The van der Waals surface area contributed by atoms with Crippen LogP contribution in [0.3, 0.4) is 0 Å². The average molecular weight is 221 g/mol. The Morgan fingerprint density at radius 3 is 2.06 bits per heavy atom. The zero-order valence-corrected chi connectivity index (χ0v) is 9.95. The first kappa shape index (κ1) is 11.3. The topological polar surface area (TPSA) is 30.5 Å². The number of hydrogen-bond acceptors (Lipinski definition) is 3. The molecule has 0 aromatic heterocycles. The minimum atomic E-state index is 0.630. The maximum Gasteiger partial charge on any atom is 0.122 e. The Balaban J connectivity index is 2.24. The Kier molecular flexibility index (Phi) is 3.67. The fourth-order valence-corrected chi connectivity index (χ4v) is 2.22. The van der Waals surface area contributed by atoms with Gasteiger partial charge in [0.1, 0.15) is 11.5 Å². The molecule has 3 heteroatoms. The molecule has 1 aromatic carbocycles. The standard InChI is InChI=1S/C13H19NO2/c1-15-12-7-11(8-13(9-12)16-2)10-3-5-14-6-4-10/h7-10,14H,3-6H2,1-2H3. The van der Waals surface area contributed by atoms with Gasteiger partial charge in [-0.2, -0.15) is 0 Å². The van der Waals surface area contributed by atoms with E-state index in [-0.39, 0.29) is 0 Å². The van der Waals surface area contributed by atoms with Crippen molar-refractivity contribution in [1.82, 2.24) is 5.32 Å². The molecule has 0 radical (unpaired) electrons. The second-order valence-electron chi connectivity index (χ2n) is 4.17. The Morgan fingerprint density at radius 1 is 1.00 bits per heavy atom. The molecule has 3 nitrogen and oxygen atoms in total. The van der Waals surface area contributed by atoms with Gasteiger partial charge >= 0.3 is 0 Å². The second kappa shape index (κ2) is 5.21. The van der Waals surface area contributed by atoms with Crippen LogP contribution < -0.4 is 14.8 Å². The molecule has 2 rings (SSSR count). The first-order valence-corrected chi connectivity index (χ1v) is 5.77. The maximum absolute atomic E-state index is 5.29. The molecule has 1 N–H and O–H groups in total. The van der Waals surface area contributed by atoms with Gasteiger partial charge in [0, 0.05) is 6.07 Å². The van der Waals surface area contributed by atoms with Crippen molar-refractivity contribution < 1.29 is 9.47 Å². The van der Waals surface area contributed by atoms with Gasteiger partial charge in [0.25, 0.3) is 0 Å². The summed E-state index contributed by atoms with van der Waals surface area (Å²) >= 11 is 0. The van der Waals surface area contributed by atoms with Gasteiger partial charge in [-0.3, -0.25) is 0 Å². The summed E-state index contributed by atoms with van der Waals surface area (Å²) < 4.78 is 10.6. The summed E-state index contributed by atoms with van der Waals surface area (Å²) in [5.74, 6) is 2.39. The smallest absolute Gasteiger partial charge is 0.122 e. The first-order valence-electron chi connectivity index (χ1n) is 5.77. The lowest BCUT2D eigenvalue weighted by Gasteiger charge is -2.23. The van der Waals surface area contributed by atoms with E-state index in [1.165, 1.54) is 18.4 Å². The number of rotatable bonds is 3. The van der Waals surface area contributed by atoms with E-state index in [4.69, 9.17) is 9.47 Å². The van der Waals surface area contributed by atoms with Crippen LogP contribution in [0, 0.1) is 0 Å². The van der Waals surface area contributed by atoms with E-state index in [1.807, 2.05) is 6.07 Å². The second-order valence-corrected chi connectivity index (χ2v) is 4.17. The quantitative estimate of drug-likeness (QED) is 0.848. The molecule has 0 amide bonds. The summed E-state index contributed by atoms with van der Waals surface area (Å²) in [7, 11) is 3.39. The van der Waals surface area contributed by atoms with Crippen molar-refractivity contribution in [2.45, 2.75) is 18.8 Å². The largest absolute Gasteiger partial charge is 0.497 e. The molecule has 0 bridgehead atoms. The van der Waals surface area contributed by atoms with Crippen molar-refractivity contribution in [3.05, 3.63) is 23.8 Å². The lowest BCUT2D eigenvalue weighted by molar-refractivity contribution is 0.390. The van der Waals surface area contributed by atoms with E-state index in [9.17, 15) is 0 Å². The molecule has 0 spiro atoms. The predicted molar refractivity (Wildman–Crippen MR) is 64.4 cm³/mol. The molecule has 1 saturated heterocycles. The van der Waals surface area contributed by atoms with Crippen LogP contribution >= 0.6 is 0 Å². The van der Waals surface area contributed by atoms with E-state index in [1.54, 1.807) is 14.2 Å². The van der Waals surface area contributed by atoms with Gasteiger partial charge in [-0.15, -0.1) is 0 Å². The van der Waals surface area contributed by atoms with Gasteiger partial charge in [0.05, 0.1) is 14.2 Å². The molecule has 1 aromatic rings. The maximum atomic E-state index is 5.29. The van der Waals surface area contributed by atoms with Crippen molar-refractivity contribution >= 4 is 0 Å². The third-order valence-corrected chi connectivity index (χ3v) is 3.18. The highest BCUT2D eigenvalue weighted by atomic mass is 16.5. The average Bonchev–Trinajstić information content (AvgIpc) is 2.39. The zero-order chi connectivity index (χ0) is 11.4. The Labute approximate surface area is 96.8 Å². The first-order chi connectivity index (χ1) is 7.83. The number of nitrogens with one attached hydrogen (secondary N) is 1. The summed E-state index contributed by atoms with van der Waals surface area (Å²) in [6, 6.07) is 6.17. The number of methoxy groups -OCH3 is 2. The Bertz CT molecular complexity index is 324. The summed E-state index contributed by atoms with van der Waals surface area (Å²) in [5.41, 5.74) is 1.33. The molecule has 1 fully saturated rings. The summed E-state index contributed by atoms with van der Waals surface area (Å²) in [6.07, 6.45) is 2.38. The molecule has 0 aliphatic carbocycles. The molecular weight excluding hydrogens is 202 g/mol. The van der Waals surface area contributed by atoms with Crippen molar-refractivity contribution in [2.24, 2.45) is 0 Å². The molecule has 1 aliphatic rings. The molecule has 1 aliphatic heterocycles. The highest BCUT2D eigenvalue weighted by molar-refractivity contribution is 5.40. The van der Waals surface area contributed by atoms with E-state index in [0.717, 1.165) is 24.6 Å². The van der Waals surface area contributed by atoms with E-state index in [0.29, 0.717) is 5.92 Å². The number of ether oxygens (including phenoxy) is 2. The van der Waals surface area contributed by atoms with Crippen molar-refractivity contribution in [1.29, 1.82) is 0 Å². The summed E-state index contributed by atoms with van der Waals surface area (Å²) in [6.45, 7) is 2.20. The van der Waals surface area contributed by atoms with Crippen LogP contribution in [0.25, 0.3) is 0 Å². The van der Waals surface area contributed by atoms with Crippen LogP contribution in [0.5, 0.6) is 11.5 Å². The zero-order valence-electron chi connectivity index (χ0n) is 9.95. The third-order valence-electron chi connectivity index (χ3n) is 3.18. The van der Waals surface area contributed by atoms with Crippen LogP contribution in [0.2, 0.25) is 0 Å². The van der Waals surface area contributed by atoms with Crippen molar-refractivity contribution in [2.75, 3.05) is 27.3 Å². The van der Waals surface area contributed by atoms with Gasteiger partial charge in [-0.25, -0.2) is 0 Å². The van der Waals surface area contributed by atoms with E-state index in [2.05, 4.69) is 17.4 Å². The van der Waals surface area contributed by atoms with Crippen LogP contribution in [-0.4, -0.2) is 27.3 Å². The molecule has 16 heavy (non-hydrogen) atoms. The normalized spacial score (nSPS) is 17.1. The fraction of sp³-hybridized carbons (Fsp3) is 0.538. The lowest BCUT2D eigenvalue weighted by Crippen LogP contribution is -2.26. The highest BCUT2D eigenvalue weighted by Crippen LogP contribution is 2.31. The van der Waals surface area contributed by atoms with Crippen LogP contribution in [0.4, 0.5) is 0 Å². The summed E-state index contributed by atoms with van der Waals surface area (Å²) in [5, 5.41) is 3.38. The molecule has 0 atom stereocenters. The molecular formula is C13H19NO2. The van der Waals surface area contributed by atoms with Crippen LogP contribution in [-0.2, 0) is 0 Å². The monoisotopic (exact) mass is 221 g/mol. The minimum absolute atomic E-state index is 0.630. The van der Waals surface area contributed by atoms with Gasteiger partial charge in [-0.05, 0) is 49.5 Å². The SMILES string of the molecule is COc1cc(OC)cc(C2CCNCC2)c1. The van der Waals surface area contributed by atoms with E-state index < -0.39 is 0 Å². The van der Waals surface area contributed by atoms with Gasteiger partial charge in [-0.1, -0.05) is 0 Å². The summed E-state index contributed by atoms with van der Waals surface area (Å²) in [4.78, 5) is 0. The Hall–Kier alpha value is -1.22. The van der Waals surface area contributed by atoms with Gasteiger partial charge in [0.2, 0.25) is 0 Å². The minimum Gasteiger partial charge on any atom is -0.497 e. The molecule has 0 saturated carbocycles. The number of piperidine rings is 1. The predicted octanol–water partition coefficient (Wildman–Crippen LogP) is 2.17. The van der Waals surface area contributed by atoms with Crippen molar-refractivity contribution in [3.8, 4) is 11.5 Å². The molecule has 1 heterocycles. The van der Waals surface area contributed by atoms with Crippen LogP contribution in [0.1, 0.15) is 24.3 Å². The van der Waals surface area contributed by atoms with Crippen LogP contribution in [0.15, 0.2) is 18.2 Å².